The number of amidine groups is 1. The summed E-state index contributed by atoms with van der Waals surface area (Å²) in [6.45, 7) is 30.1. The summed E-state index contributed by atoms with van der Waals surface area (Å²) >= 11 is 11.3. The number of benzene rings is 1. The molecule has 4 N–H and O–H groups in total. The highest BCUT2D eigenvalue weighted by Gasteiger charge is 2.51. The van der Waals surface area contributed by atoms with E-state index in [2.05, 4.69) is 171 Å². The molecule has 7 aromatic rings. The normalized spacial score (nSPS) is 15.7. The van der Waals surface area contributed by atoms with Crippen LogP contribution in [0.5, 0.6) is 5.75 Å². The van der Waals surface area contributed by atoms with Crippen LogP contribution in [-0.2, 0) is 33.5 Å². The largest absolute Gasteiger partial charge is 0.494 e. The van der Waals surface area contributed by atoms with Crippen molar-refractivity contribution in [3.63, 3.8) is 0 Å². The number of nitrogens with two attached hydrogens (primary N) is 2. The van der Waals surface area contributed by atoms with Gasteiger partial charge in [0, 0.05) is 75.3 Å². The Morgan fingerprint density at radius 3 is 1.20 bits per heavy atom. The van der Waals surface area contributed by atoms with Crippen molar-refractivity contribution in [3.05, 3.63) is 131 Å². The van der Waals surface area contributed by atoms with Crippen molar-refractivity contribution < 1.29 is 14.3 Å². The summed E-state index contributed by atoms with van der Waals surface area (Å²) in [6.07, 6.45) is 66.5. The third kappa shape index (κ3) is 29.3. The predicted molar refractivity (Wildman–Crippen MR) is 564 cm³/mol. The number of unbranched alkanes of at least 4 members (excludes halogenated alkanes) is 40. The number of ether oxygens (including phenoxy) is 1. The first kappa shape index (κ1) is 104. The van der Waals surface area contributed by atoms with Crippen LogP contribution >= 0.6 is 68.0 Å². The zero-order chi connectivity index (χ0) is 90.6. The van der Waals surface area contributed by atoms with E-state index in [1.807, 2.05) is 56.7 Å². The number of fused-ring (bicyclic) bond motifs is 7. The first-order valence-corrected chi connectivity index (χ1v) is 57.8. The molecule has 0 saturated heterocycles. The first-order chi connectivity index (χ1) is 62.4. The van der Waals surface area contributed by atoms with Gasteiger partial charge in [0.15, 0.2) is 0 Å². The van der Waals surface area contributed by atoms with Crippen LogP contribution in [0.3, 0.4) is 0 Å². The molecule has 0 spiro atoms. The van der Waals surface area contributed by atoms with Crippen LogP contribution in [0.4, 0.5) is 0 Å². The van der Waals surface area contributed by atoms with Gasteiger partial charge < -0.3 is 30.9 Å². The van der Waals surface area contributed by atoms with E-state index in [4.69, 9.17) is 21.2 Å². The Morgan fingerprint density at radius 1 is 0.367 bits per heavy atom. The molecule has 708 valence electrons. The van der Waals surface area contributed by atoms with Crippen molar-refractivity contribution in [1.82, 2.24) is 14.7 Å². The van der Waals surface area contributed by atoms with Gasteiger partial charge in [-0.15, -0.1) is 68.0 Å². The van der Waals surface area contributed by atoms with Crippen LogP contribution < -0.4 is 16.2 Å². The van der Waals surface area contributed by atoms with E-state index in [1.54, 1.807) is 11.3 Å². The summed E-state index contributed by atoms with van der Waals surface area (Å²) in [6, 6.07) is 28.2. The Kier molecular flexibility index (Phi) is 44.1. The van der Waals surface area contributed by atoms with Crippen LogP contribution in [0.25, 0.3) is 50.4 Å². The molecule has 1 aromatic carbocycles. The summed E-state index contributed by atoms with van der Waals surface area (Å²) in [5.74, 6) is 2.71. The smallest absolute Gasteiger partial charge is 0.261 e. The number of amides is 2. The van der Waals surface area contributed by atoms with Crippen molar-refractivity contribution in [3.8, 4) is 44.8 Å². The summed E-state index contributed by atoms with van der Waals surface area (Å²) < 4.78 is 6.51. The lowest BCUT2D eigenvalue weighted by Gasteiger charge is -2.33. The molecular weight excluding hydrogens is 1680 g/mol. The summed E-state index contributed by atoms with van der Waals surface area (Å²) in [7, 11) is 0. The van der Waals surface area contributed by atoms with Crippen LogP contribution in [0.1, 0.15) is 476 Å². The van der Waals surface area contributed by atoms with Gasteiger partial charge in [-0.2, -0.15) is 0 Å². The number of thiophene rings is 6. The molecule has 4 unspecified atom stereocenters. The van der Waals surface area contributed by atoms with Crippen LogP contribution in [0.15, 0.2) is 88.9 Å². The van der Waals surface area contributed by atoms with Crippen molar-refractivity contribution in [2.75, 3.05) is 26.2 Å². The quantitative estimate of drug-likeness (QED) is 0.0367. The van der Waals surface area contributed by atoms with Gasteiger partial charge in [-0.1, -0.05) is 338 Å². The van der Waals surface area contributed by atoms with E-state index in [0.717, 1.165) is 135 Å². The molecule has 15 heteroatoms. The minimum absolute atomic E-state index is 0.0197. The average Bonchev–Trinajstić information content (AvgIpc) is 1.56. The molecule has 0 radical (unpaired) electrons. The lowest BCUT2D eigenvalue weighted by Crippen LogP contribution is -2.34. The van der Waals surface area contributed by atoms with Crippen molar-refractivity contribution >= 4 is 97.1 Å². The first-order valence-electron chi connectivity index (χ1n) is 52.9. The lowest BCUT2D eigenvalue weighted by atomic mass is 9.87. The number of carbonyl (C=O) groups excluding carboxylic acids is 2. The molecule has 9 nitrogen and oxygen atoms in total. The monoisotopic (exact) mass is 1850 g/mol. The van der Waals surface area contributed by atoms with E-state index >= 15 is 9.59 Å². The molecule has 2 amide bonds. The SMILES string of the molecule is CCCCCCCCCCCCOc1ccc(C2=NC3c4cc(-c5sc(-c6ccc(C7=C8C(=O)N(CC(CCCCCC)CCCCCCCC)C(c9ccc(-c%10cc(CCCCCC)c(C(C)(C)N)s%10)s9)=C8C(=O)N7CC(CCCCCC)CCCCCCCC)s6)cc5CCCCCC)sc4-c4sc(C(C)(C)N)cc4C3N2CCCCCCCCCCCC)cc1. The topological polar surface area (TPSA) is 117 Å². The Hall–Kier alpha value is -4.97. The molecule has 128 heavy (non-hydrogen) atoms. The minimum Gasteiger partial charge on any atom is -0.494 e. The molecular formula is C113H172N6O3S6. The van der Waals surface area contributed by atoms with Gasteiger partial charge in [-0.05, 0) is 199 Å². The second kappa shape index (κ2) is 54.5. The number of hydrogen-bond acceptors (Lipinski definition) is 13. The van der Waals surface area contributed by atoms with E-state index in [-0.39, 0.29) is 23.9 Å². The molecule has 0 saturated carbocycles. The molecule has 4 aliphatic rings. The second-order valence-corrected chi connectivity index (χ2v) is 46.6. The molecule has 0 bridgehead atoms. The van der Waals surface area contributed by atoms with E-state index < -0.39 is 11.1 Å². The van der Waals surface area contributed by atoms with Crippen LogP contribution in [0.2, 0.25) is 0 Å². The number of aryl methyl sites for hydroxylation is 2. The maximum Gasteiger partial charge on any atom is 0.261 e. The maximum absolute atomic E-state index is 16.9. The minimum atomic E-state index is -0.514. The highest BCUT2D eigenvalue weighted by atomic mass is 32.1. The second-order valence-electron chi connectivity index (χ2n) is 40.2. The molecule has 3 aliphatic heterocycles. The molecule has 11 rings (SSSR count). The molecule has 6 aromatic heterocycles. The Bertz CT molecular complexity index is 4520. The van der Waals surface area contributed by atoms with E-state index in [1.165, 1.54) is 334 Å². The Labute approximate surface area is 803 Å². The number of carbonyl (C=O) groups is 2. The molecule has 4 atom stereocenters. The summed E-state index contributed by atoms with van der Waals surface area (Å²) in [5.41, 5.74) is 23.0. The number of aliphatic imine (C=N–C) groups is 1. The lowest BCUT2D eigenvalue weighted by molar-refractivity contribution is -0.124. The van der Waals surface area contributed by atoms with Gasteiger partial charge in [-0.25, -0.2) is 0 Å². The summed E-state index contributed by atoms with van der Waals surface area (Å²) in [4.78, 5) is 61.7. The number of rotatable bonds is 69. The van der Waals surface area contributed by atoms with Crippen LogP contribution in [0, 0.1) is 11.8 Å². The Morgan fingerprint density at radius 2 is 0.750 bits per heavy atom. The average molecular weight is 1860 g/mol. The fraction of sp³-hybridized carbons (Fsp3) is 0.673. The van der Waals surface area contributed by atoms with Gasteiger partial charge in [0.25, 0.3) is 11.8 Å². The highest BCUT2D eigenvalue weighted by molar-refractivity contribution is 7.29. The van der Waals surface area contributed by atoms with Gasteiger partial charge >= 0.3 is 0 Å². The third-order valence-electron chi connectivity index (χ3n) is 27.9. The van der Waals surface area contributed by atoms with Crippen LogP contribution in [-0.4, -0.2) is 58.6 Å². The number of nitrogens with zero attached hydrogens (tertiary/aromatic N) is 4. The van der Waals surface area contributed by atoms with Crippen molar-refractivity contribution in [1.29, 1.82) is 0 Å². The van der Waals surface area contributed by atoms with E-state index in [0.29, 0.717) is 36.1 Å². The van der Waals surface area contributed by atoms with Crippen molar-refractivity contribution in [2.45, 2.75) is 453 Å². The highest BCUT2D eigenvalue weighted by Crippen LogP contribution is 2.61. The molecule has 0 fully saturated rings. The zero-order valence-corrected chi connectivity index (χ0v) is 87.3. The van der Waals surface area contributed by atoms with E-state index in [9.17, 15) is 0 Å². The zero-order valence-electron chi connectivity index (χ0n) is 82.4. The third-order valence-corrected chi connectivity index (χ3v) is 36.2. The number of hydrogen-bond donors (Lipinski definition) is 2. The fourth-order valence-electron chi connectivity index (χ4n) is 20.4. The standard InChI is InChI=1S/C113H172N6O3S6/c1-13-21-29-37-41-43-45-47-51-59-75-117-102-90-80-98(112(9,10)114)128-107(90)106-89(101(102)116-109(117)85-67-69-88(70-68-85)122-76-60-52-48-46-44-42-38-30-22-14-2)79-97(126-106)105-86(65-57-35-27-19-7)77-95(125-105)91-71-73-93(123-91)103-99-100(111(121)118(103)81-83(61-53-33-25-17-5)63-55-49-39-31-23-15-3)104(119(110(99)120)82-84(62-54-34-26-18-6)64-56-50-40-32-24-16-4)94-74-72-92(124-94)96-78-87(66-58-36-28-20-8)108(127-96)113(11,12)115/h67-74,77-80,83-84,101-102H,13-66,75-76,81-82,114-115H2,1-12H3. The van der Waals surface area contributed by atoms with Gasteiger partial charge in [0.1, 0.15) is 17.6 Å². The molecule has 1 aliphatic carbocycles. The van der Waals surface area contributed by atoms with Gasteiger partial charge in [-0.3, -0.25) is 14.6 Å². The Balaban J connectivity index is 1.000. The maximum atomic E-state index is 16.9. The molecule has 9 heterocycles. The fourth-order valence-corrected chi connectivity index (χ4v) is 27.9. The predicted octanol–water partition coefficient (Wildman–Crippen LogP) is 35.9. The van der Waals surface area contributed by atoms with Crippen molar-refractivity contribution in [2.24, 2.45) is 28.3 Å². The van der Waals surface area contributed by atoms with Gasteiger partial charge in [0.2, 0.25) is 0 Å². The van der Waals surface area contributed by atoms with Gasteiger partial charge in [0.05, 0.1) is 54.7 Å². The summed E-state index contributed by atoms with van der Waals surface area (Å²) in [5, 5.41) is 0.